The standard InChI is InChI=1S/C25H29FN2O3S/c1-27-22-12-11-18(17-7-3-2-4-8-17)15-20(22)25-19(23(27)16-29)13-14-28(25)32(30,31)24-10-6-5-9-21(24)26/h5-7,9-12,15,19,23,25,29H,2-4,8,13-14,16H2,1H3/t19-,23+,25-/m1/s1. The number of rotatable bonds is 4. The molecule has 0 amide bonds. The topological polar surface area (TPSA) is 60.9 Å². The van der Waals surface area contributed by atoms with E-state index in [-0.39, 0.29) is 23.5 Å². The normalized spacial score (nSPS) is 25.9. The average molecular weight is 457 g/mol. The van der Waals surface area contributed by atoms with Crippen molar-refractivity contribution in [1.82, 2.24) is 4.31 Å². The molecule has 2 aromatic carbocycles. The predicted molar refractivity (Wildman–Crippen MR) is 123 cm³/mol. The van der Waals surface area contributed by atoms with Crippen LogP contribution in [-0.4, -0.2) is 44.1 Å². The summed E-state index contributed by atoms with van der Waals surface area (Å²) in [7, 11) is -2.06. The molecule has 7 heteroatoms. The number of sulfonamides is 1. The second-order valence-electron chi connectivity index (χ2n) is 9.05. The summed E-state index contributed by atoms with van der Waals surface area (Å²) in [5.74, 6) is -0.793. The van der Waals surface area contributed by atoms with Gasteiger partial charge in [-0.15, -0.1) is 0 Å². The Kier molecular flexibility index (Phi) is 5.60. The fourth-order valence-corrected chi connectivity index (χ4v) is 7.49. The van der Waals surface area contributed by atoms with E-state index in [9.17, 15) is 17.9 Å². The minimum absolute atomic E-state index is 0.0579. The number of anilines is 1. The molecule has 1 fully saturated rings. The lowest BCUT2D eigenvalue weighted by Crippen LogP contribution is -2.48. The summed E-state index contributed by atoms with van der Waals surface area (Å²) in [6.07, 6.45) is 7.37. The largest absolute Gasteiger partial charge is 0.394 e. The molecule has 5 nitrogen and oxygen atoms in total. The number of hydrogen-bond donors (Lipinski definition) is 1. The lowest BCUT2D eigenvalue weighted by Gasteiger charge is -2.44. The van der Waals surface area contributed by atoms with E-state index in [1.807, 2.05) is 13.1 Å². The molecule has 0 bridgehead atoms. The van der Waals surface area contributed by atoms with E-state index in [0.717, 1.165) is 36.1 Å². The van der Waals surface area contributed by atoms with Crippen LogP contribution in [0.25, 0.3) is 5.57 Å². The number of hydrogen-bond acceptors (Lipinski definition) is 4. The van der Waals surface area contributed by atoms with Crippen molar-refractivity contribution in [1.29, 1.82) is 0 Å². The fourth-order valence-electron chi connectivity index (χ4n) is 5.76. The van der Waals surface area contributed by atoms with Gasteiger partial charge < -0.3 is 10.0 Å². The van der Waals surface area contributed by atoms with Crippen LogP contribution in [0.2, 0.25) is 0 Å². The van der Waals surface area contributed by atoms with Crippen LogP contribution in [0.3, 0.4) is 0 Å². The molecule has 0 spiro atoms. The maximum atomic E-state index is 14.5. The number of aliphatic hydroxyl groups excluding tert-OH is 1. The van der Waals surface area contributed by atoms with Crippen LogP contribution < -0.4 is 4.90 Å². The van der Waals surface area contributed by atoms with Crippen molar-refractivity contribution in [2.24, 2.45) is 5.92 Å². The van der Waals surface area contributed by atoms with Crippen molar-refractivity contribution in [2.75, 3.05) is 25.1 Å². The maximum Gasteiger partial charge on any atom is 0.246 e. The van der Waals surface area contributed by atoms with Gasteiger partial charge in [0, 0.05) is 25.2 Å². The lowest BCUT2D eigenvalue weighted by atomic mass is 9.81. The van der Waals surface area contributed by atoms with Crippen LogP contribution in [0.15, 0.2) is 53.4 Å². The van der Waals surface area contributed by atoms with E-state index >= 15 is 0 Å². The van der Waals surface area contributed by atoms with Crippen LogP contribution in [0, 0.1) is 11.7 Å². The van der Waals surface area contributed by atoms with Crippen molar-refractivity contribution in [3.05, 3.63) is 65.5 Å². The summed E-state index contributed by atoms with van der Waals surface area (Å²) in [6.45, 7) is 0.250. The van der Waals surface area contributed by atoms with Crippen molar-refractivity contribution >= 4 is 21.3 Å². The average Bonchev–Trinajstić information content (AvgIpc) is 3.26. The maximum absolute atomic E-state index is 14.5. The number of nitrogens with zero attached hydrogens (tertiary/aromatic N) is 2. The Morgan fingerprint density at radius 2 is 1.97 bits per heavy atom. The lowest BCUT2D eigenvalue weighted by molar-refractivity contribution is 0.193. The molecule has 1 saturated heterocycles. The first kappa shape index (κ1) is 21.6. The van der Waals surface area contributed by atoms with Crippen molar-refractivity contribution in [3.63, 3.8) is 0 Å². The Morgan fingerprint density at radius 1 is 1.16 bits per heavy atom. The number of halogens is 1. The second kappa shape index (κ2) is 8.28. The van der Waals surface area contributed by atoms with Gasteiger partial charge in [0.1, 0.15) is 10.7 Å². The molecular weight excluding hydrogens is 427 g/mol. The molecule has 1 N–H and O–H groups in total. The molecule has 32 heavy (non-hydrogen) atoms. The quantitative estimate of drug-likeness (QED) is 0.743. The van der Waals surface area contributed by atoms with E-state index in [1.54, 1.807) is 6.07 Å². The summed E-state index contributed by atoms with van der Waals surface area (Å²) in [5.41, 5.74) is 4.32. The summed E-state index contributed by atoms with van der Waals surface area (Å²) < 4.78 is 43.1. The molecule has 1 aliphatic carbocycles. The number of allylic oxidation sites excluding steroid dienone is 2. The van der Waals surface area contributed by atoms with Crippen molar-refractivity contribution < 1.29 is 17.9 Å². The monoisotopic (exact) mass is 456 g/mol. The zero-order valence-electron chi connectivity index (χ0n) is 18.2. The van der Waals surface area contributed by atoms with Gasteiger partial charge in [0.2, 0.25) is 10.0 Å². The van der Waals surface area contributed by atoms with Gasteiger partial charge in [-0.25, -0.2) is 12.8 Å². The van der Waals surface area contributed by atoms with Gasteiger partial charge in [0.05, 0.1) is 18.7 Å². The Morgan fingerprint density at radius 3 is 2.69 bits per heavy atom. The van der Waals surface area contributed by atoms with Crippen LogP contribution in [0.5, 0.6) is 0 Å². The molecule has 2 heterocycles. The summed E-state index contributed by atoms with van der Waals surface area (Å²) in [5, 5.41) is 10.2. The molecular formula is C25H29FN2O3S. The van der Waals surface area contributed by atoms with E-state index in [4.69, 9.17) is 0 Å². The third-order valence-corrected chi connectivity index (χ3v) is 9.30. The molecule has 0 saturated carbocycles. The zero-order valence-corrected chi connectivity index (χ0v) is 19.1. The molecule has 3 aliphatic rings. The first-order chi connectivity index (χ1) is 15.4. The van der Waals surface area contributed by atoms with E-state index in [2.05, 4.69) is 23.1 Å². The first-order valence-electron chi connectivity index (χ1n) is 11.4. The van der Waals surface area contributed by atoms with E-state index < -0.39 is 21.9 Å². The number of aliphatic hydroxyl groups is 1. The van der Waals surface area contributed by atoms with Gasteiger partial charge in [-0.2, -0.15) is 4.31 Å². The smallest absolute Gasteiger partial charge is 0.246 e. The molecule has 0 aromatic heterocycles. The second-order valence-corrected chi connectivity index (χ2v) is 10.9. The van der Waals surface area contributed by atoms with Gasteiger partial charge in [-0.05, 0) is 73.1 Å². The highest BCUT2D eigenvalue weighted by atomic mass is 32.2. The molecule has 5 rings (SSSR count). The molecule has 3 atom stereocenters. The Balaban J connectivity index is 1.64. The van der Waals surface area contributed by atoms with Crippen molar-refractivity contribution in [3.8, 4) is 0 Å². The first-order valence-corrected chi connectivity index (χ1v) is 12.8. The Labute approximate surface area is 189 Å². The number of likely N-dealkylation sites (N-methyl/N-ethyl adjacent to an activating group) is 1. The molecule has 2 aliphatic heterocycles. The highest BCUT2D eigenvalue weighted by Crippen LogP contribution is 2.51. The molecule has 2 aromatic rings. The van der Waals surface area contributed by atoms with Gasteiger partial charge in [0.25, 0.3) is 0 Å². The number of benzene rings is 2. The van der Waals surface area contributed by atoms with Crippen LogP contribution in [-0.2, 0) is 10.0 Å². The van der Waals surface area contributed by atoms with Crippen LogP contribution in [0.1, 0.15) is 49.3 Å². The van der Waals surface area contributed by atoms with Gasteiger partial charge in [0.15, 0.2) is 0 Å². The summed E-state index contributed by atoms with van der Waals surface area (Å²) >= 11 is 0. The summed E-state index contributed by atoms with van der Waals surface area (Å²) in [6, 6.07) is 11.2. The van der Waals surface area contributed by atoms with Crippen LogP contribution >= 0.6 is 0 Å². The Hall–Kier alpha value is -2.22. The highest BCUT2D eigenvalue weighted by molar-refractivity contribution is 7.89. The van der Waals surface area contributed by atoms with Crippen molar-refractivity contribution in [2.45, 2.75) is 49.1 Å². The minimum Gasteiger partial charge on any atom is -0.394 e. The van der Waals surface area contributed by atoms with Gasteiger partial charge >= 0.3 is 0 Å². The summed E-state index contributed by atoms with van der Waals surface area (Å²) in [4.78, 5) is 1.79. The van der Waals surface area contributed by atoms with E-state index in [1.165, 1.54) is 34.5 Å². The third-order valence-electron chi connectivity index (χ3n) is 7.39. The highest BCUT2D eigenvalue weighted by Gasteiger charge is 2.50. The minimum atomic E-state index is -4.03. The molecule has 170 valence electrons. The molecule has 0 radical (unpaired) electrons. The number of fused-ring (bicyclic) bond motifs is 3. The third kappa shape index (κ3) is 3.38. The predicted octanol–water partition coefficient (Wildman–Crippen LogP) is 4.35. The SMILES string of the molecule is CN1c2ccc(C3=CCCCC3)cc2[C@H]2[C@H](CCN2S(=O)(=O)c2ccccc2F)[C@@H]1CO. The van der Waals surface area contributed by atoms with Crippen LogP contribution in [0.4, 0.5) is 10.1 Å². The molecule has 0 unspecified atom stereocenters. The fraction of sp³-hybridized carbons (Fsp3) is 0.440. The van der Waals surface area contributed by atoms with E-state index in [0.29, 0.717) is 13.0 Å². The zero-order chi connectivity index (χ0) is 22.5. The van der Waals surface area contributed by atoms with Gasteiger partial charge in [-0.3, -0.25) is 0 Å². The van der Waals surface area contributed by atoms with Gasteiger partial charge in [-0.1, -0.05) is 24.3 Å². The Bertz CT molecular complexity index is 1160.